The van der Waals surface area contributed by atoms with Crippen molar-refractivity contribution in [1.82, 2.24) is 10.2 Å². The van der Waals surface area contributed by atoms with E-state index in [9.17, 15) is 9.59 Å². The van der Waals surface area contributed by atoms with Crippen molar-refractivity contribution < 1.29 is 14.3 Å². The third-order valence-electron chi connectivity index (χ3n) is 5.88. The topological polar surface area (TPSA) is 58.6 Å². The fourth-order valence-electron chi connectivity index (χ4n) is 4.04. The maximum absolute atomic E-state index is 13.8. The van der Waals surface area contributed by atoms with Crippen molar-refractivity contribution in [2.45, 2.75) is 46.2 Å². The smallest absolute Gasteiger partial charge is 0.243 e. The monoisotopic (exact) mass is 472 g/mol. The maximum atomic E-state index is 13.8. The van der Waals surface area contributed by atoms with Crippen molar-refractivity contribution in [1.29, 1.82) is 0 Å². The Morgan fingerprint density at radius 2 is 1.57 bits per heavy atom. The first-order valence-corrected chi connectivity index (χ1v) is 12.1. The molecule has 0 unspecified atom stereocenters. The highest BCUT2D eigenvalue weighted by atomic mass is 16.5. The average Bonchev–Trinajstić information content (AvgIpc) is 2.85. The molecule has 3 aromatic rings. The highest BCUT2D eigenvalue weighted by Crippen LogP contribution is 2.20. The Labute approximate surface area is 209 Å². The zero-order chi connectivity index (χ0) is 25.2. The molecular weight excluding hydrogens is 436 g/mol. The molecule has 35 heavy (non-hydrogen) atoms. The molecule has 5 heteroatoms. The number of carbonyl (C=O) groups excluding carboxylic acids is 2. The molecule has 3 rings (SSSR count). The molecule has 0 saturated heterocycles. The molecule has 3 aromatic carbocycles. The number of methoxy groups -OCH3 is 1. The number of hydrogen-bond acceptors (Lipinski definition) is 3. The zero-order valence-electron chi connectivity index (χ0n) is 21.2. The second-order valence-corrected chi connectivity index (χ2v) is 9.38. The molecular formula is C30H36N2O3. The van der Waals surface area contributed by atoms with Crippen molar-refractivity contribution in [2.75, 3.05) is 13.7 Å². The molecule has 1 atom stereocenters. The molecule has 0 spiro atoms. The average molecular weight is 473 g/mol. The van der Waals surface area contributed by atoms with E-state index in [0.717, 1.165) is 28.0 Å². The Kier molecular flexibility index (Phi) is 9.47. The number of rotatable bonds is 11. The van der Waals surface area contributed by atoms with Gasteiger partial charge in [0.05, 0.1) is 13.5 Å². The van der Waals surface area contributed by atoms with Crippen LogP contribution in [-0.4, -0.2) is 36.4 Å². The van der Waals surface area contributed by atoms with Crippen molar-refractivity contribution in [3.05, 3.63) is 101 Å². The normalized spacial score (nSPS) is 11.7. The molecule has 0 saturated carbocycles. The summed E-state index contributed by atoms with van der Waals surface area (Å²) in [6.45, 7) is 7.00. The Balaban J connectivity index is 1.97. The van der Waals surface area contributed by atoms with Gasteiger partial charge in [-0.15, -0.1) is 0 Å². The molecule has 0 aliphatic carbocycles. The molecule has 0 aliphatic heterocycles. The molecule has 2 amide bonds. The fraction of sp³-hybridized carbons (Fsp3) is 0.333. The lowest BCUT2D eigenvalue weighted by molar-refractivity contribution is -0.140. The van der Waals surface area contributed by atoms with Gasteiger partial charge in [-0.1, -0.05) is 86.1 Å². The minimum absolute atomic E-state index is 0.0842. The number of aryl methyl sites for hydroxylation is 1. The van der Waals surface area contributed by atoms with Crippen LogP contribution >= 0.6 is 0 Å². The Morgan fingerprint density at radius 3 is 2.26 bits per heavy atom. The van der Waals surface area contributed by atoms with Gasteiger partial charge in [0.15, 0.2) is 0 Å². The Morgan fingerprint density at radius 1 is 0.886 bits per heavy atom. The first kappa shape index (κ1) is 26.0. The molecule has 0 bridgehead atoms. The van der Waals surface area contributed by atoms with Crippen LogP contribution in [0.25, 0.3) is 0 Å². The van der Waals surface area contributed by atoms with Crippen molar-refractivity contribution >= 4 is 11.8 Å². The predicted octanol–water partition coefficient (Wildman–Crippen LogP) is 4.96. The third-order valence-corrected chi connectivity index (χ3v) is 5.88. The molecule has 5 nitrogen and oxygen atoms in total. The molecule has 1 N–H and O–H groups in total. The van der Waals surface area contributed by atoms with Crippen LogP contribution in [0, 0.1) is 12.8 Å². The molecule has 0 aromatic heterocycles. The van der Waals surface area contributed by atoms with Gasteiger partial charge < -0.3 is 15.0 Å². The molecule has 0 fully saturated rings. The van der Waals surface area contributed by atoms with Crippen LogP contribution in [0.4, 0.5) is 0 Å². The summed E-state index contributed by atoms with van der Waals surface area (Å²) in [6.07, 6.45) is 0.669. The summed E-state index contributed by atoms with van der Waals surface area (Å²) >= 11 is 0. The van der Waals surface area contributed by atoms with Crippen molar-refractivity contribution in [3.63, 3.8) is 0 Å². The minimum atomic E-state index is -0.639. The number of nitrogens with zero attached hydrogens (tertiary/aromatic N) is 1. The fourth-order valence-corrected chi connectivity index (χ4v) is 4.04. The van der Waals surface area contributed by atoms with Crippen LogP contribution < -0.4 is 10.1 Å². The first-order valence-electron chi connectivity index (χ1n) is 12.1. The van der Waals surface area contributed by atoms with Crippen molar-refractivity contribution in [3.8, 4) is 5.75 Å². The quantitative estimate of drug-likeness (QED) is 0.429. The molecule has 0 heterocycles. The van der Waals surface area contributed by atoms with E-state index < -0.39 is 6.04 Å². The summed E-state index contributed by atoms with van der Waals surface area (Å²) < 4.78 is 5.39. The summed E-state index contributed by atoms with van der Waals surface area (Å²) in [5, 5.41) is 3.06. The van der Waals surface area contributed by atoms with E-state index in [-0.39, 0.29) is 18.2 Å². The second-order valence-electron chi connectivity index (χ2n) is 9.38. The maximum Gasteiger partial charge on any atom is 0.243 e. The van der Waals surface area contributed by atoms with E-state index in [4.69, 9.17) is 4.74 Å². The summed E-state index contributed by atoms with van der Waals surface area (Å²) in [5.41, 5.74) is 3.96. The largest absolute Gasteiger partial charge is 0.497 e. The van der Waals surface area contributed by atoms with Gasteiger partial charge in [0.1, 0.15) is 11.8 Å². The first-order chi connectivity index (χ1) is 16.9. The van der Waals surface area contributed by atoms with E-state index >= 15 is 0 Å². The standard InChI is InChI=1S/C30H36N2O3/c1-22(2)20-31-30(34)28(18-24-11-6-5-7-12-24)32(21-26-14-9-15-27(17-26)35-4)29(33)19-25-13-8-10-23(3)16-25/h5-17,22,28H,18-21H2,1-4H3,(H,31,34)/t28-/m1/s1. The number of ether oxygens (including phenoxy) is 1. The number of amides is 2. The summed E-state index contributed by atoms with van der Waals surface area (Å²) in [4.78, 5) is 29.0. The SMILES string of the molecule is COc1cccc(CN(C(=O)Cc2cccc(C)c2)[C@H](Cc2ccccc2)C(=O)NCC(C)C)c1. The van der Waals surface area contributed by atoms with Gasteiger partial charge in [0.2, 0.25) is 11.8 Å². The van der Waals surface area contributed by atoms with Crippen LogP contribution in [0.1, 0.15) is 36.1 Å². The van der Waals surface area contributed by atoms with Crippen LogP contribution in [0.3, 0.4) is 0 Å². The summed E-state index contributed by atoms with van der Waals surface area (Å²) in [5.74, 6) is 0.811. The molecule has 0 radical (unpaired) electrons. The van der Waals surface area contributed by atoms with E-state index in [1.807, 2.05) is 85.8 Å². The number of carbonyl (C=O) groups is 2. The minimum Gasteiger partial charge on any atom is -0.497 e. The van der Waals surface area contributed by atoms with E-state index in [1.165, 1.54) is 0 Å². The van der Waals surface area contributed by atoms with Gasteiger partial charge in [0, 0.05) is 19.5 Å². The lowest BCUT2D eigenvalue weighted by Crippen LogP contribution is -2.51. The Bertz CT molecular complexity index is 1110. The van der Waals surface area contributed by atoms with Gasteiger partial charge in [-0.3, -0.25) is 9.59 Å². The third kappa shape index (κ3) is 7.99. The van der Waals surface area contributed by atoms with Gasteiger partial charge in [-0.2, -0.15) is 0 Å². The van der Waals surface area contributed by atoms with Gasteiger partial charge in [0.25, 0.3) is 0 Å². The molecule has 0 aliphatic rings. The van der Waals surface area contributed by atoms with Crippen molar-refractivity contribution in [2.24, 2.45) is 5.92 Å². The van der Waals surface area contributed by atoms with Gasteiger partial charge in [-0.05, 0) is 41.7 Å². The highest BCUT2D eigenvalue weighted by molar-refractivity contribution is 5.88. The lowest BCUT2D eigenvalue weighted by atomic mass is 10.0. The molecule has 184 valence electrons. The summed E-state index contributed by atoms with van der Waals surface area (Å²) in [7, 11) is 1.62. The predicted molar refractivity (Wildman–Crippen MR) is 140 cm³/mol. The van der Waals surface area contributed by atoms with Crippen LogP contribution in [0.2, 0.25) is 0 Å². The zero-order valence-corrected chi connectivity index (χ0v) is 21.2. The van der Waals surface area contributed by atoms with Crippen LogP contribution in [0.15, 0.2) is 78.9 Å². The Hall–Kier alpha value is -3.60. The van der Waals surface area contributed by atoms with Gasteiger partial charge >= 0.3 is 0 Å². The van der Waals surface area contributed by atoms with E-state index in [0.29, 0.717) is 25.4 Å². The lowest BCUT2D eigenvalue weighted by Gasteiger charge is -2.32. The second kappa shape index (κ2) is 12.7. The van der Waals surface area contributed by atoms with Crippen LogP contribution in [0.5, 0.6) is 5.75 Å². The highest BCUT2D eigenvalue weighted by Gasteiger charge is 2.30. The number of benzene rings is 3. The number of hydrogen-bond donors (Lipinski definition) is 1. The van der Waals surface area contributed by atoms with Crippen LogP contribution in [-0.2, 0) is 29.0 Å². The number of nitrogens with one attached hydrogen (secondary N) is 1. The summed E-state index contributed by atoms with van der Waals surface area (Å²) in [6, 6.07) is 24.8. The van der Waals surface area contributed by atoms with Gasteiger partial charge in [-0.25, -0.2) is 0 Å². The van der Waals surface area contributed by atoms with E-state index in [2.05, 4.69) is 19.2 Å². The van der Waals surface area contributed by atoms with E-state index in [1.54, 1.807) is 12.0 Å².